The van der Waals surface area contributed by atoms with Crippen molar-refractivity contribution in [3.05, 3.63) is 139 Å². The number of rotatable bonds is 9. The van der Waals surface area contributed by atoms with E-state index in [9.17, 15) is 29.1 Å². The number of nitrogens with one attached hydrogen (secondary N) is 1. The van der Waals surface area contributed by atoms with Gasteiger partial charge in [-0.05, 0) is 95.6 Å². The molecule has 14 heteroatoms. The average molecular weight is 892 g/mol. The van der Waals surface area contributed by atoms with Crippen LogP contribution < -0.4 is 5.32 Å². The fourth-order valence-electron chi connectivity index (χ4n) is 4.23. The summed E-state index contributed by atoms with van der Waals surface area (Å²) in [6.07, 6.45) is -2.02. The molecule has 0 saturated carbocycles. The monoisotopic (exact) mass is 889 g/mol. The maximum Gasteiger partial charge on any atom is 0.228 e. The van der Waals surface area contributed by atoms with Crippen LogP contribution >= 0.6 is 46.4 Å². The number of ketones is 5. The number of carbonyl (C=O) groups excluding carboxylic acids is 5. The van der Waals surface area contributed by atoms with Gasteiger partial charge in [0.25, 0.3) is 0 Å². The maximum absolute atomic E-state index is 12.1. The van der Waals surface area contributed by atoms with Crippen LogP contribution in [-0.4, -0.2) is 67.8 Å². The van der Waals surface area contributed by atoms with E-state index in [1.807, 2.05) is 27.7 Å². The summed E-state index contributed by atoms with van der Waals surface area (Å²) >= 11 is 22.8. The van der Waals surface area contributed by atoms with Crippen molar-refractivity contribution < 1.29 is 45.1 Å². The molecular formula is C44H63Cl4NO9. The lowest BCUT2D eigenvalue weighted by Gasteiger charge is -2.25. The van der Waals surface area contributed by atoms with Gasteiger partial charge in [0.1, 0.15) is 12.2 Å². The summed E-state index contributed by atoms with van der Waals surface area (Å²) in [6.45, 7) is 12.0. The van der Waals surface area contributed by atoms with E-state index < -0.39 is 23.8 Å². The Morgan fingerprint density at radius 3 is 1.24 bits per heavy atom. The Hall–Kier alpha value is -3.81. The van der Waals surface area contributed by atoms with E-state index in [2.05, 4.69) is 5.32 Å². The zero-order valence-electron chi connectivity index (χ0n) is 30.9. The lowest BCUT2D eigenvalue weighted by molar-refractivity contribution is -0.125. The van der Waals surface area contributed by atoms with Crippen LogP contribution in [0.3, 0.4) is 0 Å². The SMILES string of the molecule is C.C.C.C.CC(=O)C(=O)c1cccc(Cl)c1.CC(=O)C(O)c1cccc(Cl)c1.CC(NC(C)(C)C)C(=O)c1cccc(Cl)c1.CC(O)C(=O)c1cccc(Cl)c1.O.O. The number of carbonyl (C=O) groups is 5. The van der Waals surface area contributed by atoms with Gasteiger partial charge in [-0.15, -0.1) is 0 Å². The zero-order valence-corrected chi connectivity index (χ0v) is 33.9. The fraction of sp³-hybridized carbons (Fsp3) is 0.341. The Morgan fingerprint density at radius 1 is 0.569 bits per heavy atom. The Labute approximate surface area is 365 Å². The second kappa shape index (κ2) is 32.1. The van der Waals surface area contributed by atoms with E-state index in [4.69, 9.17) is 51.5 Å². The second-order valence-corrected chi connectivity index (χ2v) is 14.3. The third-order valence-electron chi connectivity index (χ3n) is 6.60. The summed E-state index contributed by atoms with van der Waals surface area (Å²) in [5, 5.41) is 23.6. The highest BCUT2D eigenvalue weighted by Gasteiger charge is 2.20. The first kappa shape index (κ1) is 66.0. The van der Waals surface area contributed by atoms with Crippen molar-refractivity contribution in [3.63, 3.8) is 0 Å². The summed E-state index contributed by atoms with van der Waals surface area (Å²) in [4.78, 5) is 55.8. The van der Waals surface area contributed by atoms with E-state index in [-0.39, 0.29) is 69.6 Å². The van der Waals surface area contributed by atoms with Gasteiger partial charge >= 0.3 is 0 Å². The van der Waals surface area contributed by atoms with Crippen LogP contribution in [0.2, 0.25) is 20.1 Å². The van der Waals surface area contributed by atoms with Crippen LogP contribution in [0.4, 0.5) is 0 Å². The molecule has 0 aliphatic carbocycles. The minimum atomic E-state index is -1.05. The maximum atomic E-state index is 12.1. The Morgan fingerprint density at radius 2 is 0.914 bits per heavy atom. The van der Waals surface area contributed by atoms with Crippen molar-refractivity contribution in [2.45, 2.75) is 102 Å². The van der Waals surface area contributed by atoms with Crippen LogP contribution in [0.5, 0.6) is 0 Å². The molecule has 0 amide bonds. The molecule has 58 heavy (non-hydrogen) atoms. The van der Waals surface area contributed by atoms with Crippen molar-refractivity contribution in [2.75, 3.05) is 0 Å². The molecule has 0 radical (unpaired) electrons. The van der Waals surface area contributed by atoms with Crippen LogP contribution in [0.1, 0.15) is 121 Å². The predicted octanol–water partition coefficient (Wildman–Crippen LogP) is 10.2. The van der Waals surface area contributed by atoms with Crippen LogP contribution in [0.25, 0.3) is 0 Å². The molecule has 0 heterocycles. The smallest absolute Gasteiger partial charge is 0.228 e. The van der Waals surface area contributed by atoms with Gasteiger partial charge in [0.05, 0.1) is 6.04 Å². The molecule has 10 nitrogen and oxygen atoms in total. The summed E-state index contributed by atoms with van der Waals surface area (Å²) in [6, 6.07) is 26.3. The van der Waals surface area contributed by atoms with Gasteiger partial charge in [0.15, 0.2) is 23.1 Å². The van der Waals surface area contributed by atoms with E-state index in [1.165, 1.54) is 32.9 Å². The average Bonchev–Trinajstić information content (AvgIpc) is 3.07. The molecule has 3 atom stereocenters. The fourth-order valence-corrected chi connectivity index (χ4v) is 5.00. The first-order chi connectivity index (χ1) is 24.1. The van der Waals surface area contributed by atoms with Crippen LogP contribution in [0.15, 0.2) is 97.1 Å². The summed E-state index contributed by atoms with van der Waals surface area (Å²) in [5.41, 5.74) is 1.90. The molecule has 0 aliphatic heterocycles. The minimum Gasteiger partial charge on any atom is -0.412 e. The lowest BCUT2D eigenvalue weighted by atomic mass is 10.0. The summed E-state index contributed by atoms with van der Waals surface area (Å²) < 4.78 is 0. The van der Waals surface area contributed by atoms with Crippen molar-refractivity contribution in [1.29, 1.82) is 0 Å². The molecule has 0 bridgehead atoms. The van der Waals surface area contributed by atoms with Gasteiger partial charge in [0, 0.05) is 49.2 Å². The van der Waals surface area contributed by atoms with Gasteiger partial charge in [-0.2, -0.15) is 0 Å². The first-order valence-corrected chi connectivity index (χ1v) is 17.4. The second-order valence-electron chi connectivity index (χ2n) is 12.5. The number of benzene rings is 4. The molecule has 4 rings (SSSR count). The topological polar surface area (TPSA) is 201 Å². The van der Waals surface area contributed by atoms with Crippen molar-refractivity contribution in [2.24, 2.45) is 0 Å². The zero-order chi connectivity index (χ0) is 39.8. The van der Waals surface area contributed by atoms with E-state index >= 15 is 0 Å². The highest BCUT2D eigenvalue weighted by molar-refractivity contribution is 6.43. The molecular weight excluding hydrogens is 828 g/mol. The lowest BCUT2D eigenvalue weighted by Crippen LogP contribution is -2.46. The van der Waals surface area contributed by atoms with Crippen LogP contribution in [0, 0.1) is 0 Å². The Bertz CT molecular complexity index is 1840. The summed E-state index contributed by atoms with van der Waals surface area (Å²) in [7, 11) is 0. The van der Waals surface area contributed by atoms with Crippen molar-refractivity contribution in [1.82, 2.24) is 5.32 Å². The number of aliphatic hydroxyl groups excluding tert-OH is 2. The standard InChI is InChI=1S/C13H18ClNO.2C9H9ClO2.C9H7ClO2.4CH4.2H2O/c1-9(15-13(2,3)4)12(16)10-6-5-7-11(14)8-10;3*1-6(11)9(12)7-3-2-4-8(10)5-7;;;;;;/h5-9,15H,1-4H3;2-5,9,12H,1H3;2-6,11H,1H3;2-5H,1H3;4*1H4;2*1H2. The molecule has 0 aromatic heterocycles. The molecule has 0 fully saturated rings. The van der Waals surface area contributed by atoms with Gasteiger partial charge in [0.2, 0.25) is 5.78 Å². The molecule has 326 valence electrons. The molecule has 0 aliphatic rings. The molecule has 3 unspecified atom stereocenters. The largest absolute Gasteiger partial charge is 0.412 e. The third kappa shape index (κ3) is 25.5. The van der Waals surface area contributed by atoms with E-state index in [1.54, 1.807) is 84.9 Å². The number of aliphatic hydroxyl groups is 2. The predicted molar refractivity (Wildman–Crippen MR) is 243 cm³/mol. The van der Waals surface area contributed by atoms with Gasteiger partial charge < -0.3 is 26.5 Å². The van der Waals surface area contributed by atoms with E-state index in [0.29, 0.717) is 42.3 Å². The molecule has 4 aromatic carbocycles. The number of halogens is 4. The van der Waals surface area contributed by atoms with Gasteiger partial charge in [-0.3, -0.25) is 24.0 Å². The van der Waals surface area contributed by atoms with Crippen molar-refractivity contribution in [3.8, 4) is 0 Å². The van der Waals surface area contributed by atoms with Crippen molar-refractivity contribution >= 4 is 75.3 Å². The molecule has 7 N–H and O–H groups in total. The quantitative estimate of drug-likeness (QED) is 0.109. The molecule has 4 aromatic rings. The van der Waals surface area contributed by atoms with E-state index in [0.717, 1.165) is 0 Å². The van der Waals surface area contributed by atoms with Crippen LogP contribution in [-0.2, 0) is 9.59 Å². The minimum absolute atomic E-state index is 0. The normalized spacial score (nSPS) is 10.9. The third-order valence-corrected chi connectivity index (χ3v) is 7.54. The Balaban J connectivity index is -0.000000151. The number of hydrogen-bond acceptors (Lipinski definition) is 8. The number of Topliss-reactive ketones (excluding diaryl/α,β-unsaturated/α-hetero) is 5. The van der Waals surface area contributed by atoms with Gasteiger partial charge in [-0.1, -0.05) is 125 Å². The summed E-state index contributed by atoms with van der Waals surface area (Å²) in [5.74, 6) is -1.50. The first-order valence-electron chi connectivity index (χ1n) is 15.9. The Kier molecular flexibility index (Phi) is 36.5. The molecule has 0 saturated heterocycles. The highest BCUT2D eigenvalue weighted by atomic mass is 35.5. The molecule has 0 spiro atoms. The van der Waals surface area contributed by atoms with Gasteiger partial charge in [-0.25, -0.2) is 0 Å². The highest BCUT2D eigenvalue weighted by Crippen LogP contribution is 2.18. The number of hydrogen-bond donors (Lipinski definition) is 3.